The second kappa shape index (κ2) is 10.8. The summed E-state index contributed by atoms with van der Waals surface area (Å²) < 4.78 is 27.1. The van der Waals surface area contributed by atoms with Gasteiger partial charge in [-0.25, -0.2) is 19.2 Å². The minimum Gasteiger partial charge on any atom is -0.477 e. The van der Waals surface area contributed by atoms with E-state index in [1.807, 2.05) is 25.7 Å². The highest BCUT2D eigenvalue weighted by atomic mass is 19.1. The molecule has 0 aliphatic carbocycles. The number of carbonyl (C=O) groups is 2. The van der Waals surface area contributed by atoms with E-state index in [0.717, 1.165) is 6.42 Å². The van der Waals surface area contributed by atoms with Crippen LogP contribution in [0, 0.1) is 18.7 Å². The summed E-state index contributed by atoms with van der Waals surface area (Å²) in [6.07, 6.45) is 5.17. The van der Waals surface area contributed by atoms with Crippen LogP contribution in [0.4, 0.5) is 20.8 Å². The lowest BCUT2D eigenvalue weighted by Gasteiger charge is -2.26. The quantitative estimate of drug-likeness (QED) is 0.492. The molecule has 2 amide bonds. The zero-order chi connectivity index (χ0) is 27.6. The van der Waals surface area contributed by atoms with Crippen LogP contribution in [0.1, 0.15) is 50.2 Å². The smallest absolute Gasteiger partial charge is 0.410 e. The third-order valence-electron chi connectivity index (χ3n) is 5.96. The van der Waals surface area contributed by atoms with Crippen molar-refractivity contribution in [2.75, 3.05) is 43.5 Å². The van der Waals surface area contributed by atoms with Crippen molar-refractivity contribution in [1.29, 1.82) is 0 Å². The Bertz CT molecular complexity index is 1340. The molecule has 1 saturated heterocycles. The number of carbonyl (C=O) groups excluding carboxylic acids is 2. The molecule has 3 aromatic rings. The average molecular weight is 528 g/mol. The molecule has 0 radical (unpaired) electrons. The number of hydrogen-bond acceptors (Lipinski definition) is 8. The number of hydrogen-bond donors (Lipinski definition) is 1. The first-order chi connectivity index (χ1) is 17.9. The largest absolute Gasteiger partial charge is 0.477 e. The molecule has 12 heteroatoms. The van der Waals surface area contributed by atoms with Crippen molar-refractivity contribution in [1.82, 2.24) is 24.3 Å². The molecule has 4 rings (SSSR count). The summed E-state index contributed by atoms with van der Waals surface area (Å²) in [4.78, 5) is 42.0. The van der Waals surface area contributed by atoms with Gasteiger partial charge in [-0.05, 0) is 47.0 Å². The maximum atomic E-state index is 14.4. The Hall–Kier alpha value is -3.96. The zero-order valence-electron chi connectivity index (χ0n) is 22.6. The van der Waals surface area contributed by atoms with Crippen molar-refractivity contribution < 1.29 is 23.5 Å². The predicted octanol–water partition coefficient (Wildman–Crippen LogP) is 3.92. The number of imidazole rings is 1. The molecule has 0 bridgehead atoms. The average Bonchev–Trinajstić information content (AvgIpc) is 3.44. The molecule has 1 aliphatic rings. The van der Waals surface area contributed by atoms with Crippen LogP contribution >= 0.6 is 0 Å². The van der Waals surface area contributed by atoms with Gasteiger partial charge in [0.25, 0.3) is 5.91 Å². The molecule has 1 atom stereocenters. The van der Waals surface area contributed by atoms with Crippen molar-refractivity contribution in [3.8, 4) is 5.88 Å². The number of aromatic nitrogens is 4. The van der Waals surface area contributed by atoms with Crippen LogP contribution in [0.3, 0.4) is 0 Å². The standard InChI is InChI=1S/C26H34FN7O4/c1-7-37-23-19(22(35)30-18-10-20(27)21-29-16(2)12-34(21)15-18)11-28-24(31-23)33-9-8-17(14-33)13-32(6)25(36)38-26(3,4)5/h10-12,15,17H,7-9,13-14H2,1-6H3,(H,30,35)/t17-/m0/s1. The first kappa shape index (κ1) is 27.1. The van der Waals surface area contributed by atoms with Gasteiger partial charge in [0, 0.05) is 51.3 Å². The maximum absolute atomic E-state index is 14.4. The normalized spacial score (nSPS) is 15.6. The van der Waals surface area contributed by atoms with Crippen molar-refractivity contribution in [3.63, 3.8) is 0 Å². The maximum Gasteiger partial charge on any atom is 0.410 e. The van der Waals surface area contributed by atoms with E-state index in [1.165, 1.54) is 16.7 Å². The number of halogens is 1. The summed E-state index contributed by atoms with van der Waals surface area (Å²) in [6, 6.07) is 1.22. The molecule has 4 heterocycles. The van der Waals surface area contributed by atoms with Crippen molar-refractivity contribution in [3.05, 3.63) is 41.7 Å². The summed E-state index contributed by atoms with van der Waals surface area (Å²) in [5.41, 5.74) is 0.697. The molecule has 0 unspecified atom stereocenters. The van der Waals surface area contributed by atoms with Gasteiger partial charge in [-0.3, -0.25) is 4.79 Å². The summed E-state index contributed by atoms with van der Waals surface area (Å²) >= 11 is 0. The number of ether oxygens (including phenoxy) is 2. The topological polar surface area (TPSA) is 114 Å². The third kappa shape index (κ3) is 6.29. The van der Waals surface area contributed by atoms with E-state index in [9.17, 15) is 14.0 Å². The van der Waals surface area contributed by atoms with Gasteiger partial charge >= 0.3 is 6.09 Å². The van der Waals surface area contributed by atoms with Crippen molar-refractivity contribution in [2.45, 2.75) is 46.6 Å². The van der Waals surface area contributed by atoms with Crippen LogP contribution in [0.5, 0.6) is 5.88 Å². The summed E-state index contributed by atoms with van der Waals surface area (Å²) in [7, 11) is 1.73. The first-order valence-corrected chi connectivity index (χ1v) is 12.6. The lowest BCUT2D eigenvalue weighted by atomic mass is 10.1. The van der Waals surface area contributed by atoms with E-state index in [4.69, 9.17) is 9.47 Å². The monoisotopic (exact) mass is 527 g/mol. The number of rotatable bonds is 7. The van der Waals surface area contributed by atoms with E-state index in [2.05, 4.69) is 20.3 Å². The van der Waals surface area contributed by atoms with E-state index in [-0.39, 0.29) is 34.8 Å². The van der Waals surface area contributed by atoms with E-state index in [1.54, 1.807) is 38.2 Å². The Labute approximate surface area is 221 Å². The summed E-state index contributed by atoms with van der Waals surface area (Å²) in [5.74, 6) is -0.272. The third-order valence-corrected chi connectivity index (χ3v) is 5.96. The Kier molecular flexibility index (Phi) is 7.70. The molecule has 0 aromatic carbocycles. The SMILES string of the molecule is CCOc1nc(N2CC[C@@H](CN(C)C(=O)OC(C)(C)C)C2)ncc1C(=O)Nc1cc(F)c2nc(C)cn2c1. The van der Waals surface area contributed by atoms with Gasteiger partial charge in [0.2, 0.25) is 11.8 Å². The summed E-state index contributed by atoms with van der Waals surface area (Å²) in [5, 5.41) is 2.69. The van der Waals surface area contributed by atoms with Crippen LogP contribution in [0.25, 0.3) is 5.65 Å². The molecule has 204 valence electrons. The minimum atomic E-state index is -0.552. The van der Waals surface area contributed by atoms with Gasteiger partial charge in [0.1, 0.15) is 11.2 Å². The van der Waals surface area contributed by atoms with Crippen LogP contribution in [-0.2, 0) is 4.74 Å². The molecule has 11 nitrogen and oxygen atoms in total. The van der Waals surface area contributed by atoms with Gasteiger partial charge in [-0.1, -0.05) is 0 Å². The first-order valence-electron chi connectivity index (χ1n) is 12.6. The van der Waals surface area contributed by atoms with Crippen LogP contribution in [0.2, 0.25) is 0 Å². The Morgan fingerprint density at radius 3 is 2.74 bits per heavy atom. The highest BCUT2D eigenvalue weighted by Gasteiger charge is 2.29. The second-order valence-corrected chi connectivity index (χ2v) is 10.4. The fraction of sp³-hybridized carbons (Fsp3) is 0.500. The van der Waals surface area contributed by atoms with E-state index >= 15 is 0 Å². The zero-order valence-corrected chi connectivity index (χ0v) is 22.6. The number of fused-ring (bicyclic) bond motifs is 1. The number of amides is 2. The van der Waals surface area contributed by atoms with Gasteiger partial charge in [0.15, 0.2) is 11.5 Å². The van der Waals surface area contributed by atoms with Crippen LogP contribution in [-0.4, -0.2) is 75.1 Å². The highest BCUT2D eigenvalue weighted by molar-refractivity contribution is 6.05. The Balaban J connectivity index is 1.45. The summed E-state index contributed by atoms with van der Waals surface area (Å²) in [6.45, 7) is 11.3. The number of nitrogens with zero attached hydrogens (tertiary/aromatic N) is 6. The predicted molar refractivity (Wildman–Crippen MR) is 140 cm³/mol. The minimum absolute atomic E-state index is 0.137. The number of anilines is 2. The lowest BCUT2D eigenvalue weighted by molar-refractivity contribution is 0.0277. The molecule has 3 aromatic heterocycles. The number of aryl methyl sites for hydroxylation is 1. The van der Waals surface area contributed by atoms with Gasteiger partial charge in [-0.15, -0.1) is 0 Å². The number of nitrogens with one attached hydrogen (secondary N) is 1. The second-order valence-electron chi connectivity index (χ2n) is 10.4. The highest BCUT2D eigenvalue weighted by Crippen LogP contribution is 2.26. The molecular weight excluding hydrogens is 493 g/mol. The molecule has 0 saturated carbocycles. The van der Waals surface area contributed by atoms with Gasteiger partial charge in [-0.2, -0.15) is 4.98 Å². The van der Waals surface area contributed by atoms with E-state index < -0.39 is 17.3 Å². The molecule has 1 aliphatic heterocycles. The lowest BCUT2D eigenvalue weighted by Crippen LogP contribution is -2.37. The van der Waals surface area contributed by atoms with E-state index in [0.29, 0.717) is 37.9 Å². The van der Waals surface area contributed by atoms with Crippen molar-refractivity contribution >= 4 is 29.3 Å². The van der Waals surface area contributed by atoms with Crippen LogP contribution < -0.4 is 15.0 Å². The fourth-order valence-electron chi connectivity index (χ4n) is 4.32. The molecule has 1 N–H and O–H groups in total. The Morgan fingerprint density at radius 2 is 2.03 bits per heavy atom. The molecule has 0 spiro atoms. The Morgan fingerprint density at radius 1 is 1.26 bits per heavy atom. The van der Waals surface area contributed by atoms with Gasteiger partial charge < -0.3 is 29.0 Å². The number of pyridine rings is 1. The molecule has 38 heavy (non-hydrogen) atoms. The molecule has 1 fully saturated rings. The fourth-order valence-corrected chi connectivity index (χ4v) is 4.32. The van der Waals surface area contributed by atoms with Gasteiger partial charge in [0.05, 0.1) is 18.0 Å². The van der Waals surface area contributed by atoms with Crippen molar-refractivity contribution in [2.24, 2.45) is 5.92 Å². The molecular formula is C26H34FN7O4. The van der Waals surface area contributed by atoms with Crippen LogP contribution in [0.15, 0.2) is 24.7 Å².